The Labute approximate surface area is 157 Å². The number of amides is 1. The average Bonchev–Trinajstić information content (AvgIpc) is 2.61. The van der Waals surface area contributed by atoms with Gasteiger partial charge in [0.2, 0.25) is 11.9 Å². The molecule has 1 aromatic heterocycles. The minimum atomic E-state index is -0.281. The van der Waals surface area contributed by atoms with Crippen LogP contribution in [0.5, 0.6) is 5.75 Å². The summed E-state index contributed by atoms with van der Waals surface area (Å²) in [5, 5.41) is 6.21. The van der Waals surface area contributed by atoms with E-state index >= 15 is 0 Å². The Hall–Kier alpha value is -2.90. The number of carbonyl (C=O) groups excluding carboxylic acids is 1. The smallest absolute Gasteiger partial charge is 0.246 e. The highest BCUT2D eigenvalue weighted by Gasteiger charge is 2.33. The number of hydrogen-bond donors (Lipinski definition) is 2. The molecule has 0 spiro atoms. The van der Waals surface area contributed by atoms with Gasteiger partial charge in [-0.15, -0.1) is 0 Å². The Morgan fingerprint density at radius 2 is 1.96 bits per heavy atom. The maximum absolute atomic E-state index is 12.9. The molecule has 142 valence electrons. The minimum Gasteiger partial charge on any atom is -0.490 e. The monoisotopic (exact) mass is 371 g/mol. The molecular weight excluding hydrogens is 349 g/mol. The van der Waals surface area contributed by atoms with Gasteiger partial charge in [-0.3, -0.25) is 4.79 Å². The second-order valence-corrected chi connectivity index (χ2v) is 7.11. The van der Waals surface area contributed by atoms with Crippen LogP contribution >= 0.6 is 0 Å². The van der Waals surface area contributed by atoms with E-state index in [1.807, 2.05) is 25.8 Å². The Kier molecular flexibility index (Phi) is 4.33. The Balaban J connectivity index is 1.39. The van der Waals surface area contributed by atoms with Crippen LogP contribution in [0.25, 0.3) is 0 Å². The summed E-state index contributed by atoms with van der Waals surface area (Å²) < 4.78 is 18.8. The second-order valence-electron chi connectivity index (χ2n) is 7.11. The van der Waals surface area contributed by atoms with Crippen LogP contribution < -0.4 is 20.3 Å². The molecule has 7 nitrogen and oxygen atoms in total. The zero-order valence-electron chi connectivity index (χ0n) is 15.5. The van der Waals surface area contributed by atoms with Crippen LogP contribution in [-0.2, 0) is 4.79 Å². The largest absolute Gasteiger partial charge is 0.490 e. The molecule has 1 atom stereocenters. The molecule has 0 radical (unpaired) electrons. The van der Waals surface area contributed by atoms with Gasteiger partial charge in [0, 0.05) is 25.9 Å². The summed E-state index contributed by atoms with van der Waals surface area (Å²) in [5.41, 5.74) is 1.39. The Morgan fingerprint density at radius 1 is 1.26 bits per heavy atom. The van der Waals surface area contributed by atoms with Crippen molar-refractivity contribution in [2.45, 2.75) is 44.9 Å². The predicted molar refractivity (Wildman–Crippen MR) is 101 cm³/mol. The van der Waals surface area contributed by atoms with Crippen LogP contribution in [0.15, 0.2) is 24.3 Å². The highest BCUT2D eigenvalue weighted by Crippen LogP contribution is 2.33. The maximum Gasteiger partial charge on any atom is 0.246 e. The van der Waals surface area contributed by atoms with Crippen molar-refractivity contribution in [1.82, 2.24) is 9.97 Å². The van der Waals surface area contributed by atoms with Crippen molar-refractivity contribution in [1.29, 1.82) is 0 Å². The van der Waals surface area contributed by atoms with E-state index in [-0.39, 0.29) is 29.9 Å². The van der Waals surface area contributed by atoms with E-state index in [9.17, 15) is 9.18 Å². The predicted octanol–water partition coefficient (Wildman–Crippen LogP) is 2.72. The van der Waals surface area contributed by atoms with Crippen LogP contribution in [0.4, 0.5) is 21.8 Å². The lowest BCUT2D eigenvalue weighted by Gasteiger charge is -2.36. The molecular formula is C19H22FN5O2. The van der Waals surface area contributed by atoms with Crippen LogP contribution in [0.2, 0.25) is 0 Å². The lowest BCUT2D eigenvalue weighted by molar-refractivity contribution is -0.117. The van der Waals surface area contributed by atoms with Crippen molar-refractivity contribution >= 4 is 23.4 Å². The molecule has 2 aliphatic rings. The molecule has 4 rings (SSSR count). The molecule has 0 unspecified atom stereocenters. The number of ether oxygens (including phenoxy) is 1. The van der Waals surface area contributed by atoms with Crippen LogP contribution in [0, 0.1) is 12.7 Å². The number of nitrogens with zero attached hydrogens (tertiary/aromatic N) is 3. The molecule has 1 amide bonds. The molecule has 1 aliphatic heterocycles. The lowest BCUT2D eigenvalue weighted by atomic mass is 9.89. The molecule has 2 N–H and O–H groups in total. The number of halogens is 1. The van der Waals surface area contributed by atoms with Crippen LogP contribution in [0.1, 0.15) is 25.5 Å². The van der Waals surface area contributed by atoms with Crippen molar-refractivity contribution in [3.8, 4) is 5.75 Å². The first-order valence-electron chi connectivity index (χ1n) is 9.02. The van der Waals surface area contributed by atoms with E-state index in [0.29, 0.717) is 17.4 Å². The maximum atomic E-state index is 12.9. The normalized spacial score (nSPS) is 23.9. The number of aryl methyl sites for hydroxylation is 1. The zero-order valence-corrected chi connectivity index (χ0v) is 15.5. The van der Waals surface area contributed by atoms with Crippen molar-refractivity contribution in [3.63, 3.8) is 0 Å². The number of aromatic nitrogens is 2. The quantitative estimate of drug-likeness (QED) is 0.860. The van der Waals surface area contributed by atoms with Gasteiger partial charge in [0.15, 0.2) is 5.82 Å². The summed E-state index contributed by atoms with van der Waals surface area (Å²) in [4.78, 5) is 22.9. The molecule has 27 heavy (non-hydrogen) atoms. The minimum absolute atomic E-state index is 0.0582. The second kappa shape index (κ2) is 6.68. The van der Waals surface area contributed by atoms with Gasteiger partial charge >= 0.3 is 0 Å². The number of fused-ring (bicyclic) bond motifs is 1. The summed E-state index contributed by atoms with van der Waals surface area (Å²) in [7, 11) is 1.86. The number of carbonyl (C=O) groups is 1. The molecule has 8 heteroatoms. The Bertz CT molecular complexity index is 867. The summed E-state index contributed by atoms with van der Waals surface area (Å²) in [6, 6.07) is 5.99. The summed E-state index contributed by atoms with van der Waals surface area (Å²) >= 11 is 0. The van der Waals surface area contributed by atoms with Gasteiger partial charge in [-0.05, 0) is 38.1 Å². The molecule has 1 fully saturated rings. The number of likely N-dealkylation sites (N-methyl/N-ethyl adjacent to an activating group) is 1. The first-order chi connectivity index (χ1) is 12.9. The summed E-state index contributed by atoms with van der Waals surface area (Å²) in [5.74, 6) is 1.61. The van der Waals surface area contributed by atoms with Gasteiger partial charge in [-0.2, -0.15) is 4.98 Å². The number of rotatable bonds is 4. The van der Waals surface area contributed by atoms with Crippen LogP contribution in [0.3, 0.4) is 0 Å². The standard InChI is InChI=1S/C19H22FN5O2/c1-10-16-17(25(3)11(2)18(26)23-16)24-19(21-10)22-13-8-15(9-13)27-14-6-4-12(20)5-7-14/h4-7,11,13,15H,8-9H2,1-3H3,(H,23,26)(H,21,22,24)/t11-,13-,15+/m0/s1. The fourth-order valence-electron chi connectivity index (χ4n) is 3.28. The molecule has 2 aromatic rings. The highest BCUT2D eigenvalue weighted by molar-refractivity contribution is 6.03. The zero-order chi connectivity index (χ0) is 19.1. The van der Waals surface area contributed by atoms with Gasteiger partial charge in [0.25, 0.3) is 0 Å². The van der Waals surface area contributed by atoms with Crippen LogP contribution in [-0.4, -0.2) is 41.1 Å². The van der Waals surface area contributed by atoms with Gasteiger partial charge < -0.3 is 20.3 Å². The molecule has 1 aliphatic carbocycles. The number of nitrogens with one attached hydrogen (secondary N) is 2. The fraction of sp³-hybridized carbons (Fsp3) is 0.421. The summed E-state index contributed by atoms with van der Waals surface area (Å²) in [6.07, 6.45) is 1.73. The lowest BCUT2D eigenvalue weighted by Crippen LogP contribution is -2.45. The van der Waals surface area contributed by atoms with Gasteiger partial charge in [-0.25, -0.2) is 9.37 Å². The van der Waals surface area contributed by atoms with E-state index in [1.54, 1.807) is 12.1 Å². The van der Waals surface area contributed by atoms with E-state index in [0.717, 1.165) is 24.4 Å². The van der Waals surface area contributed by atoms with Crippen molar-refractivity contribution < 1.29 is 13.9 Å². The van der Waals surface area contributed by atoms with Crippen molar-refractivity contribution in [2.24, 2.45) is 0 Å². The Morgan fingerprint density at radius 3 is 2.67 bits per heavy atom. The SMILES string of the molecule is Cc1nc(N[C@H]2C[C@@H](Oc3ccc(F)cc3)C2)nc2c1NC(=O)[C@H](C)N2C. The number of benzene rings is 1. The average molecular weight is 371 g/mol. The molecule has 0 bridgehead atoms. The van der Waals surface area contributed by atoms with Gasteiger partial charge in [0.05, 0.1) is 5.69 Å². The fourth-order valence-corrected chi connectivity index (χ4v) is 3.28. The van der Waals surface area contributed by atoms with E-state index in [2.05, 4.69) is 20.6 Å². The molecule has 2 heterocycles. The topological polar surface area (TPSA) is 79.4 Å². The van der Waals surface area contributed by atoms with Gasteiger partial charge in [-0.1, -0.05) is 0 Å². The molecule has 1 saturated carbocycles. The van der Waals surface area contributed by atoms with E-state index in [4.69, 9.17) is 4.74 Å². The third kappa shape index (κ3) is 3.39. The first-order valence-corrected chi connectivity index (χ1v) is 9.02. The van der Waals surface area contributed by atoms with E-state index in [1.165, 1.54) is 12.1 Å². The van der Waals surface area contributed by atoms with Gasteiger partial charge in [0.1, 0.15) is 29.4 Å². The number of anilines is 3. The first kappa shape index (κ1) is 17.5. The van der Waals surface area contributed by atoms with E-state index < -0.39 is 0 Å². The van der Waals surface area contributed by atoms with Crippen molar-refractivity contribution in [2.75, 3.05) is 22.6 Å². The third-order valence-electron chi connectivity index (χ3n) is 5.16. The third-order valence-corrected chi connectivity index (χ3v) is 5.16. The molecule has 0 saturated heterocycles. The van der Waals surface area contributed by atoms with Crippen molar-refractivity contribution in [3.05, 3.63) is 35.8 Å². The summed E-state index contributed by atoms with van der Waals surface area (Å²) in [6.45, 7) is 3.70. The molecule has 1 aromatic carbocycles. The highest BCUT2D eigenvalue weighted by atomic mass is 19.1. The number of hydrogen-bond acceptors (Lipinski definition) is 6.